The smallest absolute Gasteiger partial charge is 0.257 e. The van der Waals surface area contributed by atoms with Gasteiger partial charge in [-0.1, -0.05) is 30.7 Å². The molecule has 0 radical (unpaired) electrons. The van der Waals surface area contributed by atoms with E-state index in [2.05, 4.69) is 5.32 Å². The van der Waals surface area contributed by atoms with E-state index < -0.39 is 0 Å². The number of benzene rings is 2. The van der Waals surface area contributed by atoms with Crippen LogP contribution in [0.3, 0.4) is 0 Å². The van der Waals surface area contributed by atoms with Gasteiger partial charge >= 0.3 is 0 Å². The SMILES string of the molecule is CCNC(=O)COc1ccc(/C=C/C(=O)c2oc3ccc(C)cc3c2CC)cc1OC. The van der Waals surface area contributed by atoms with Crippen molar-refractivity contribution in [1.29, 1.82) is 0 Å². The van der Waals surface area contributed by atoms with Gasteiger partial charge in [0, 0.05) is 17.5 Å². The van der Waals surface area contributed by atoms with Gasteiger partial charge in [-0.05, 0) is 56.2 Å². The molecule has 0 spiro atoms. The Morgan fingerprint density at radius 1 is 1.10 bits per heavy atom. The first kappa shape index (κ1) is 22.2. The Morgan fingerprint density at radius 2 is 1.90 bits per heavy atom. The molecule has 0 aliphatic rings. The minimum absolute atomic E-state index is 0.0941. The number of ketones is 1. The maximum Gasteiger partial charge on any atom is 0.257 e. The molecule has 162 valence electrons. The van der Waals surface area contributed by atoms with Crippen LogP contribution in [-0.4, -0.2) is 32.0 Å². The number of carbonyl (C=O) groups excluding carboxylic acids is 2. The molecule has 1 aromatic heterocycles. The quantitative estimate of drug-likeness (QED) is 0.399. The third-order valence-electron chi connectivity index (χ3n) is 4.87. The van der Waals surface area contributed by atoms with Crippen LogP contribution in [0.5, 0.6) is 11.5 Å². The highest BCUT2D eigenvalue weighted by atomic mass is 16.5. The summed E-state index contributed by atoms with van der Waals surface area (Å²) in [6.07, 6.45) is 3.90. The average Bonchev–Trinajstić information content (AvgIpc) is 3.14. The molecule has 2 aromatic carbocycles. The van der Waals surface area contributed by atoms with Crippen LogP contribution in [0.1, 0.15) is 41.1 Å². The number of ether oxygens (including phenoxy) is 2. The molecule has 31 heavy (non-hydrogen) atoms. The fourth-order valence-corrected chi connectivity index (χ4v) is 3.36. The number of allylic oxidation sites excluding steroid dienone is 1. The maximum absolute atomic E-state index is 12.8. The lowest BCUT2D eigenvalue weighted by Crippen LogP contribution is -2.28. The van der Waals surface area contributed by atoms with Gasteiger partial charge in [-0.15, -0.1) is 0 Å². The first-order valence-electron chi connectivity index (χ1n) is 10.3. The third kappa shape index (κ3) is 5.15. The molecule has 0 bridgehead atoms. The number of aryl methyl sites for hydroxylation is 2. The van der Waals surface area contributed by atoms with Crippen LogP contribution < -0.4 is 14.8 Å². The number of hydrogen-bond donors (Lipinski definition) is 1. The predicted molar refractivity (Wildman–Crippen MR) is 121 cm³/mol. The number of likely N-dealkylation sites (N-methyl/N-ethyl adjacent to an activating group) is 1. The summed E-state index contributed by atoms with van der Waals surface area (Å²) in [5.41, 5.74) is 3.52. The Morgan fingerprint density at radius 3 is 2.61 bits per heavy atom. The first-order valence-corrected chi connectivity index (χ1v) is 10.3. The molecule has 0 aliphatic heterocycles. The summed E-state index contributed by atoms with van der Waals surface area (Å²) in [5, 5.41) is 3.65. The van der Waals surface area contributed by atoms with Crippen molar-refractivity contribution < 1.29 is 23.5 Å². The number of rotatable bonds is 9. The summed E-state index contributed by atoms with van der Waals surface area (Å²) in [6.45, 7) is 6.32. The van der Waals surface area contributed by atoms with Crippen molar-refractivity contribution in [2.24, 2.45) is 0 Å². The number of furan rings is 1. The molecule has 0 atom stereocenters. The van der Waals surface area contributed by atoms with Crippen LogP contribution >= 0.6 is 0 Å². The zero-order chi connectivity index (χ0) is 22.4. The topological polar surface area (TPSA) is 77.8 Å². The second-order valence-corrected chi connectivity index (χ2v) is 7.11. The fraction of sp³-hybridized carbons (Fsp3) is 0.280. The molecule has 1 amide bonds. The Hall–Kier alpha value is -3.54. The third-order valence-corrected chi connectivity index (χ3v) is 4.87. The van der Waals surface area contributed by atoms with Crippen LogP contribution in [0.2, 0.25) is 0 Å². The maximum atomic E-state index is 12.8. The molecule has 1 heterocycles. The predicted octanol–water partition coefficient (Wildman–Crippen LogP) is 4.72. The standard InChI is InChI=1S/C25H27NO5/c1-5-18-19-13-16(3)7-11-21(19)31-25(18)20(27)10-8-17-9-12-22(23(14-17)29-4)30-15-24(28)26-6-2/h7-14H,5-6,15H2,1-4H3,(H,26,28)/b10-8+. The van der Waals surface area contributed by atoms with Gasteiger partial charge in [0.15, 0.2) is 23.9 Å². The van der Waals surface area contributed by atoms with E-state index in [0.29, 0.717) is 30.2 Å². The highest BCUT2D eigenvalue weighted by molar-refractivity contribution is 6.08. The van der Waals surface area contributed by atoms with Crippen molar-refractivity contribution in [1.82, 2.24) is 5.32 Å². The molecular formula is C25H27NO5. The Labute approximate surface area is 181 Å². The fourth-order valence-electron chi connectivity index (χ4n) is 3.36. The summed E-state index contributed by atoms with van der Waals surface area (Å²) in [7, 11) is 1.52. The van der Waals surface area contributed by atoms with Crippen LogP contribution in [0.4, 0.5) is 0 Å². The molecule has 3 rings (SSSR count). The van der Waals surface area contributed by atoms with E-state index in [4.69, 9.17) is 13.9 Å². The Balaban J connectivity index is 1.79. The van der Waals surface area contributed by atoms with Gasteiger partial charge in [0.25, 0.3) is 5.91 Å². The average molecular weight is 421 g/mol. The Kier molecular flexibility index (Phi) is 7.13. The molecule has 6 heteroatoms. The van der Waals surface area contributed by atoms with E-state index in [-0.39, 0.29) is 18.3 Å². The van der Waals surface area contributed by atoms with Crippen molar-refractivity contribution in [2.75, 3.05) is 20.3 Å². The number of nitrogens with one attached hydrogen (secondary N) is 1. The highest BCUT2D eigenvalue weighted by Gasteiger charge is 2.17. The van der Waals surface area contributed by atoms with Crippen molar-refractivity contribution >= 4 is 28.7 Å². The van der Waals surface area contributed by atoms with E-state index in [1.807, 2.05) is 39.0 Å². The van der Waals surface area contributed by atoms with E-state index >= 15 is 0 Å². The first-order chi connectivity index (χ1) is 15.0. The lowest BCUT2D eigenvalue weighted by Gasteiger charge is -2.11. The summed E-state index contributed by atoms with van der Waals surface area (Å²) in [4.78, 5) is 24.4. The van der Waals surface area contributed by atoms with E-state index in [9.17, 15) is 9.59 Å². The molecule has 6 nitrogen and oxygen atoms in total. The molecule has 0 fully saturated rings. The molecule has 0 unspecified atom stereocenters. The molecule has 3 aromatic rings. The van der Waals surface area contributed by atoms with Crippen molar-refractivity contribution in [2.45, 2.75) is 27.2 Å². The zero-order valence-corrected chi connectivity index (χ0v) is 18.3. The lowest BCUT2D eigenvalue weighted by molar-refractivity contribution is -0.123. The normalized spacial score (nSPS) is 11.1. The molecular weight excluding hydrogens is 394 g/mol. The lowest BCUT2D eigenvalue weighted by atomic mass is 10.0. The van der Waals surface area contributed by atoms with Gasteiger partial charge < -0.3 is 19.2 Å². The van der Waals surface area contributed by atoms with Crippen molar-refractivity contribution in [3.8, 4) is 11.5 Å². The number of fused-ring (bicyclic) bond motifs is 1. The van der Waals surface area contributed by atoms with Gasteiger partial charge in [-0.3, -0.25) is 9.59 Å². The van der Waals surface area contributed by atoms with Crippen molar-refractivity contribution in [3.63, 3.8) is 0 Å². The van der Waals surface area contributed by atoms with Crippen LogP contribution in [-0.2, 0) is 11.2 Å². The number of carbonyl (C=O) groups is 2. The van der Waals surface area contributed by atoms with Gasteiger partial charge in [0.2, 0.25) is 5.78 Å². The summed E-state index contributed by atoms with van der Waals surface area (Å²) in [6, 6.07) is 11.2. The monoisotopic (exact) mass is 421 g/mol. The summed E-state index contributed by atoms with van der Waals surface area (Å²) >= 11 is 0. The van der Waals surface area contributed by atoms with E-state index in [1.165, 1.54) is 13.2 Å². The number of hydrogen-bond acceptors (Lipinski definition) is 5. The second-order valence-electron chi connectivity index (χ2n) is 7.11. The summed E-state index contributed by atoms with van der Waals surface area (Å²) in [5.74, 6) is 0.909. The van der Waals surface area contributed by atoms with Crippen molar-refractivity contribution in [3.05, 3.63) is 64.9 Å². The van der Waals surface area contributed by atoms with Crippen LogP contribution in [0, 0.1) is 6.92 Å². The van der Waals surface area contributed by atoms with Gasteiger partial charge in [0.05, 0.1) is 7.11 Å². The number of methoxy groups -OCH3 is 1. The molecule has 0 saturated carbocycles. The summed E-state index contributed by atoms with van der Waals surface area (Å²) < 4.78 is 16.7. The van der Waals surface area contributed by atoms with E-state index in [1.54, 1.807) is 24.3 Å². The molecule has 1 N–H and O–H groups in total. The number of amides is 1. The zero-order valence-electron chi connectivity index (χ0n) is 18.3. The van der Waals surface area contributed by atoms with Crippen LogP contribution in [0.15, 0.2) is 46.9 Å². The largest absolute Gasteiger partial charge is 0.493 e. The Bertz CT molecular complexity index is 1130. The van der Waals surface area contributed by atoms with Crippen LogP contribution in [0.25, 0.3) is 17.0 Å². The highest BCUT2D eigenvalue weighted by Crippen LogP contribution is 2.30. The van der Waals surface area contributed by atoms with Gasteiger partial charge in [0.1, 0.15) is 5.58 Å². The molecule has 0 aliphatic carbocycles. The second kappa shape index (κ2) is 9.98. The minimum Gasteiger partial charge on any atom is -0.493 e. The van der Waals surface area contributed by atoms with Gasteiger partial charge in [-0.25, -0.2) is 0 Å². The van der Waals surface area contributed by atoms with E-state index in [0.717, 1.165) is 27.7 Å². The van der Waals surface area contributed by atoms with Gasteiger partial charge in [-0.2, -0.15) is 0 Å². The molecule has 0 saturated heterocycles. The minimum atomic E-state index is -0.202.